The lowest BCUT2D eigenvalue weighted by molar-refractivity contribution is 0.103. The van der Waals surface area contributed by atoms with E-state index in [4.69, 9.17) is 9.52 Å². The maximum atomic E-state index is 8.96. The van der Waals surface area contributed by atoms with Crippen molar-refractivity contribution in [3.8, 4) is 11.3 Å². The van der Waals surface area contributed by atoms with Crippen LogP contribution < -0.4 is 0 Å². The van der Waals surface area contributed by atoms with Gasteiger partial charge in [-0.25, -0.2) is 4.98 Å². The van der Waals surface area contributed by atoms with Gasteiger partial charge in [0.25, 0.3) is 0 Å². The average molecular weight is 366 g/mol. The van der Waals surface area contributed by atoms with Gasteiger partial charge in [-0.2, -0.15) is 0 Å². The first-order valence-electron chi connectivity index (χ1n) is 7.51. The van der Waals surface area contributed by atoms with Crippen molar-refractivity contribution in [1.29, 1.82) is 0 Å². The predicted octanol–water partition coefficient (Wildman–Crippen LogP) is 2.21. The second kappa shape index (κ2) is 7.37. The molecule has 1 aliphatic heterocycles. The summed E-state index contributed by atoms with van der Waals surface area (Å²) in [5.74, 6) is 1.56. The van der Waals surface area contributed by atoms with E-state index in [9.17, 15) is 0 Å². The zero-order valence-corrected chi connectivity index (χ0v) is 14.0. The van der Waals surface area contributed by atoms with Crippen molar-refractivity contribution in [2.75, 3.05) is 39.3 Å². The van der Waals surface area contributed by atoms with E-state index in [1.807, 2.05) is 24.3 Å². The van der Waals surface area contributed by atoms with Crippen molar-refractivity contribution >= 4 is 15.9 Å². The van der Waals surface area contributed by atoms with Crippen molar-refractivity contribution in [2.45, 2.75) is 6.54 Å². The number of piperazine rings is 1. The van der Waals surface area contributed by atoms with Crippen LogP contribution in [0.4, 0.5) is 0 Å². The third-order valence-corrected chi connectivity index (χ3v) is 4.45. The maximum absolute atomic E-state index is 8.96. The standard InChI is InChI=1S/C16H20BrN3O2/c17-14-3-1-13(2-4-14)15-11-18-16(22-15)12-20-7-5-19(6-8-20)9-10-21/h1-4,11,21H,5-10,12H2. The lowest BCUT2D eigenvalue weighted by atomic mass is 10.2. The van der Waals surface area contributed by atoms with Crippen LogP contribution in [0.1, 0.15) is 5.89 Å². The Hall–Kier alpha value is -1.21. The van der Waals surface area contributed by atoms with Crippen molar-refractivity contribution < 1.29 is 9.52 Å². The lowest BCUT2D eigenvalue weighted by Crippen LogP contribution is -2.46. The summed E-state index contributed by atoms with van der Waals surface area (Å²) < 4.78 is 6.92. The van der Waals surface area contributed by atoms with Crippen LogP contribution in [0.3, 0.4) is 0 Å². The highest BCUT2D eigenvalue weighted by Gasteiger charge is 2.18. The summed E-state index contributed by atoms with van der Waals surface area (Å²) in [6.07, 6.45) is 1.79. The highest BCUT2D eigenvalue weighted by molar-refractivity contribution is 9.10. The van der Waals surface area contributed by atoms with Gasteiger partial charge in [-0.15, -0.1) is 0 Å². The summed E-state index contributed by atoms with van der Waals surface area (Å²) in [5.41, 5.74) is 1.04. The number of nitrogens with zero attached hydrogens (tertiary/aromatic N) is 3. The fraction of sp³-hybridized carbons (Fsp3) is 0.438. The molecule has 0 amide bonds. The Balaban J connectivity index is 1.57. The third kappa shape index (κ3) is 3.95. The smallest absolute Gasteiger partial charge is 0.209 e. The van der Waals surface area contributed by atoms with Crippen LogP contribution in [0.2, 0.25) is 0 Å². The minimum Gasteiger partial charge on any atom is -0.439 e. The van der Waals surface area contributed by atoms with E-state index in [2.05, 4.69) is 30.7 Å². The van der Waals surface area contributed by atoms with Crippen LogP contribution in [0, 0.1) is 0 Å². The highest BCUT2D eigenvalue weighted by atomic mass is 79.9. The van der Waals surface area contributed by atoms with Gasteiger partial charge >= 0.3 is 0 Å². The molecule has 0 unspecified atom stereocenters. The summed E-state index contributed by atoms with van der Waals surface area (Å²) in [5, 5.41) is 8.96. The zero-order chi connectivity index (χ0) is 15.4. The fourth-order valence-corrected chi connectivity index (χ4v) is 2.90. The lowest BCUT2D eigenvalue weighted by Gasteiger charge is -2.33. The number of β-amino-alcohol motifs (C(OH)–C–C–N with tert-alkyl or cyclic N) is 1. The molecule has 0 spiro atoms. The Morgan fingerprint density at radius 1 is 1.09 bits per heavy atom. The molecule has 5 nitrogen and oxygen atoms in total. The molecule has 2 heterocycles. The summed E-state index contributed by atoms with van der Waals surface area (Å²) >= 11 is 3.43. The number of rotatable bonds is 5. The first-order chi connectivity index (χ1) is 10.7. The quantitative estimate of drug-likeness (QED) is 0.880. The largest absolute Gasteiger partial charge is 0.439 e. The molecule has 1 saturated heterocycles. The van der Waals surface area contributed by atoms with Crippen molar-refractivity contribution in [3.63, 3.8) is 0 Å². The number of hydrogen-bond donors (Lipinski definition) is 1. The molecule has 1 aromatic heterocycles. The van der Waals surface area contributed by atoms with Crippen LogP contribution in [-0.4, -0.2) is 59.2 Å². The first-order valence-corrected chi connectivity index (χ1v) is 8.30. The first kappa shape index (κ1) is 15.7. The van der Waals surface area contributed by atoms with Crippen LogP contribution in [0.15, 0.2) is 39.4 Å². The van der Waals surface area contributed by atoms with Gasteiger partial charge in [-0.1, -0.05) is 28.1 Å². The van der Waals surface area contributed by atoms with Crippen molar-refractivity contribution in [2.24, 2.45) is 0 Å². The summed E-state index contributed by atoms with van der Waals surface area (Å²) in [6, 6.07) is 8.03. The number of aliphatic hydroxyl groups is 1. The zero-order valence-electron chi connectivity index (χ0n) is 12.4. The minimum absolute atomic E-state index is 0.232. The van der Waals surface area contributed by atoms with Crippen LogP contribution in [-0.2, 0) is 6.54 Å². The molecule has 22 heavy (non-hydrogen) atoms. The normalized spacial score (nSPS) is 17.0. The van der Waals surface area contributed by atoms with Crippen molar-refractivity contribution in [1.82, 2.24) is 14.8 Å². The average Bonchev–Trinajstić information content (AvgIpc) is 2.99. The van der Waals surface area contributed by atoms with Gasteiger partial charge in [0, 0.05) is 42.8 Å². The van der Waals surface area contributed by atoms with E-state index in [0.717, 1.165) is 61.0 Å². The van der Waals surface area contributed by atoms with E-state index in [1.165, 1.54) is 0 Å². The molecule has 118 valence electrons. The molecule has 1 aromatic carbocycles. The Kier molecular flexibility index (Phi) is 5.25. The molecular formula is C16H20BrN3O2. The summed E-state index contributed by atoms with van der Waals surface area (Å²) in [6.45, 7) is 5.67. The van der Waals surface area contributed by atoms with Gasteiger partial charge in [-0.05, 0) is 12.1 Å². The molecule has 2 aromatic rings. The fourth-order valence-electron chi connectivity index (χ4n) is 2.63. The molecule has 6 heteroatoms. The Bertz CT molecular complexity index is 592. The second-order valence-corrected chi connectivity index (χ2v) is 6.38. The van der Waals surface area contributed by atoms with Gasteiger partial charge in [0.05, 0.1) is 19.3 Å². The Morgan fingerprint density at radius 3 is 2.45 bits per heavy atom. The summed E-state index contributed by atoms with van der Waals surface area (Å²) in [7, 11) is 0. The number of oxazole rings is 1. The molecule has 3 rings (SSSR count). The monoisotopic (exact) mass is 365 g/mol. The van der Waals surface area contributed by atoms with Gasteiger partial charge in [-0.3, -0.25) is 9.80 Å². The molecule has 0 bridgehead atoms. The SMILES string of the molecule is OCCN1CCN(Cc2ncc(-c3ccc(Br)cc3)o2)CC1. The molecule has 0 saturated carbocycles. The molecular weight excluding hydrogens is 346 g/mol. The maximum Gasteiger partial charge on any atom is 0.209 e. The molecule has 1 N–H and O–H groups in total. The molecule has 1 aliphatic rings. The number of aromatic nitrogens is 1. The Morgan fingerprint density at radius 2 is 1.77 bits per heavy atom. The summed E-state index contributed by atoms with van der Waals surface area (Å²) in [4.78, 5) is 9.01. The Labute approximate surface area is 138 Å². The number of aliphatic hydroxyl groups excluding tert-OH is 1. The van der Waals surface area contributed by atoms with Gasteiger partial charge in [0.1, 0.15) is 0 Å². The molecule has 1 fully saturated rings. The molecule has 0 aliphatic carbocycles. The van der Waals surface area contributed by atoms with Crippen molar-refractivity contribution in [3.05, 3.63) is 40.8 Å². The van der Waals surface area contributed by atoms with Crippen LogP contribution >= 0.6 is 15.9 Å². The minimum atomic E-state index is 0.232. The second-order valence-electron chi connectivity index (χ2n) is 5.47. The molecule has 0 radical (unpaired) electrons. The predicted molar refractivity (Wildman–Crippen MR) is 88.4 cm³/mol. The topological polar surface area (TPSA) is 52.7 Å². The van der Waals surface area contributed by atoms with Gasteiger partial charge < -0.3 is 9.52 Å². The number of hydrogen-bond acceptors (Lipinski definition) is 5. The van der Waals surface area contributed by atoms with Gasteiger partial charge in [0.2, 0.25) is 5.89 Å². The van der Waals surface area contributed by atoms with Crippen LogP contribution in [0.5, 0.6) is 0 Å². The van der Waals surface area contributed by atoms with E-state index < -0.39 is 0 Å². The van der Waals surface area contributed by atoms with Gasteiger partial charge in [0.15, 0.2) is 5.76 Å². The van der Waals surface area contributed by atoms with Crippen LogP contribution in [0.25, 0.3) is 11.3 Å². The van der Waals surface area contributed by atoms with E-state index in [-0.39, 0.29) is 6.61 Å². The van der Waals surface area contributed by atoms with E-state index >= 15 is 0 Å². The highest BCUT2D eigenvalue weighted by Crippen LogP contribution is 2.23. The molecule has 0 atom stereocenters. The van der Waals surface area contributed by atoms with E-state index in [0.29, 0.717) is 0 Å². The number of halogens is 1. The third-order valence-electron chi connectivity index (χ3n) is 3.92. The van der Waals surface area contributed by atoms with E-state index in [1.54, 1.807) is 6.20 Å². The number of benzene rings is 1.